The average molecular weight is 249 g/mol. The fourth-order valence-corrected chi connectivity index (χ4v) is 1.83. The van der Waals surface area contributed by atoms with E-state index >= 15 is 0 Å². The molecule has 0 saturated heterocycles. The van der Waals surface area contributed by atoms with Crippen molar-refractivity contribution in [3.8, 4) is 0 Å². The van der Waals surface area contributed by atoms with Crippen molar-refractivity contribution in [2.24, 2.45) is 0 Å². The van der Waals surface area contributed by atoms with Crippen LogP contribution in [0, 0.1) is 0 Å². The zero-order chi connectivity index (χ0) is 12.8. The summed E-state index contributed by atoms with van der Waals surface area (Å²) in [6.07, 6.45) is 1.90. The Bertz CT molecular complexity index is 544. The normalized spacial score (nSPS) is 13.3. The van der Waals surface area contributed by atoms with Crippen LogP contribution in [0.15, 0.2) is 18.3 Å². The molecule has 0 aliphatic heterocycles. The van der Waals surface area contributed by atoms with E-state index in [2.05, 4.69) is 43.5 Å². The van der Waals surface area contributed by atoms with Crippen molar-refractivity contribution < 1.29 is 0 Å². The number of nitrogens with zero attached hydrogens (tertiary/aromatic N) is 3. The highest BCUT2D eigenvalue weighted by Gasteiger charge is 2.22. The minimum Gasteiger partial charge on any atom is -0.235 e. The van der Waals surface area contributed by atoms with Gasteiger partial charge in [-0.05, 0) is 26.0 Å². The summed E-state index contributed by atoms with van der Waals surface area (Å²) in [6.45, 7) is 10.6. The second-order valence-electron chi connectivity index (χ2n) is 5.94. The van der Waals surface area contributed by atoms with Gasteiger partial charge in [-0.15, -0.1) is 0 Å². The Morgan fingerprint density at radius 3 is 2.29 bits per heavy atom. The van der Waals surface area contributed by atoms with Gasteiger partial charge in [0.2, 0.25) is 0 Å². The molecule has 4 heteroatoms. The zero-order valence-corrected chi connectivity index (χ0v) is 11.9. The number of rotatable bonds is 1. The van der Waals surface area contributed by atoms with E-state index in [1.54, 1.807) is 0 Å². The molecule has 2 aromatic heterocycles. The highest BCUT2D eigenvalue weighted by Crippen LogP contribution is 2.27. The largest absolute Gasteiger partial charge is 0.235 e. The van der Waals surface area contributed by atoms with Gasteiger partial charge in [0, 0.05) is 5.41 Å². The molecular formula is C13H19N3S. The first-order valence-electron chi connectivity index (χ1n) is 5.78. The van der Waals surface area contributed by atoms with Crippen LogP contribution >= 0.6 is 12.6 Å². The molecule has 0 aliphatic carbocycles. The molecule has 2 rings (SSSR count). The number of imidazole rings is 1. The molecule has 0 amide bonds. The molecule has 0 N–H and O–H groups in total. The molecule has 0 aromatic carbocycles. The lowest BCUT2D eigenvalue weighted by atomic mass is 9.93. The van der Waals surface area contributed by atoms with Gasteiger partial charge in [-0.2, -0.15) is 17.7 Å². The van der Waals surface area contributed by atoms with Gasteiger partial charge < -0.3 is 0 Å². The van der Waals surface area contributed by atoms with E-state index < -0.39 is 0 Å². The molecular weight excluding hydrogens is 230 g/mol. The molecule has 0 spiro atoms. The van der Waals surface area contributed by atoms with Crippen LogP contribution in [-0.2, 0) is 10.2 Å². The number of fused-ring (bicyclic) bond motifs is 1. The van der Waals surface area contributed by atoms with Crippen molar-refractivity contribution in [1.29, 1.82) is 0 Å². The summed E-state index contributed by atoms with van der Waals surface area (Å²) < 4.78 is 1.68. The highest BCUT2D eigenvalue weighted by molar-refractivity contribution is 7.81. The van der Waals surface area contributed by atoms with Crippen molar-refractivity contribution in [3.63, 3.8) is 0 Å². The summed E-state index contributed by atoms with van der Waals surface area (Å²) in [7, 11) is 0. The van der Waals surface area contributed by atoms with Gasteiger partial charge in [-0.1, -0.05) is 20.8 Å². The molecule has 0 radical (unpaired) electrons. The van der Waals surface area contributed by atoms with Crippen LogP contribution < -0.4 is 0 Å². The first-order chi connectivity index (χ1) is 7.69. The van der Waals surface area contributed by atoms with Gasteiger partial charge in [-0.25, -0.2) is 9.50 Å². The predicted octanol–water partition coefficient (Wildman–Crippen LogP) is 3.19. The van der Waals surface area contributed by atoms with E-state index in [1.165, 1.54) is 0 Å². The van der Waals surface area contributed by atoms with Crippen LogP contribution in [0.2, 0.25) is 0 Å². The minimum atomic E-state index is -0.242. The number of aromatic nitrogens is 3. The van der Waals surface area contributed by atoms with Gasteiger partial charge in [0.15, 0.2) is 5.65 Å². The fourth-order valence-electron chi connectivity index (χ4n) is 1.71. The van der Waals surface area contributed by atoms with Crippen LogP contribution in [0.3, 0.4) is 0 Å². The lowest BCUT2D eigenvalue weighted by molar-refractivity contribution is 0.545. The molecule has 0 bridgehead atoms. The van der Waals surface area contributed by atoms with Gasteiger partial charge in [0.25, 0.3) is 0 Å². The SMILES string of the molecule is CC(C)(C)c1cnc2ccc(C(C)(C)S)nn12. The van der Waals surface area contributed by atoms with Gasteiger partial charge in [0.05, 0.1) is 22.3 Å². The van der Waals surface area contributed by atoms with E-state index in [1.807, 2.05) is 36.7 Å². The molecule has 0 unspecified atom stereocenters. The molecule has 0 atom stereocenters. The summed E-state index contributed by atoms with van der Waals surface area (Å²) in [5.74, 6) is 0. The van der Waals surface area contributed by atoms with Crippen LogP contribution in [0.4, 0.5) is 0 Å². The van der Waals surface area contributed by atoms with Crippen molar-refractivity contribution >= 4 is 18.3 Å². The van der Waals surface area contributed by atoms with Crippen molar-refractivity contribution in [2.75, 3.05) is 0 Å². The maximum Gasteiger partial charge on any atom is 0.153 e. The Morgan fingerprint density at radius 1 is 1.12 bits per heavy atom. The van der Waals surface area contributed by atoms with Crippen LogP contribution in [0.5, 0.6) is 0 Å². The molecule has 0 saturated carbocycles. The smallest absolute Gasteiger partial charge is 0.153 e. The van der Waals surface area contributed by atoms with E-state index in [4.69, 9.17) is 0 Å². The highest BCUT2D eigenvalue weighted by atomic mass is 32.1. The summed E-state index contributed by atoms with van der Waals surface area (Å²) >= 11 is 4.56. The van der Waals surface area contributed by atoms with Crippen molar-refractivity contribution in [1.82, 2.24) is 14.6 Å². The summed E-state index contributed by atoms with van der Waals surface area (Å²) in [5, 5.41) is 4.65. The number of thiol groups is 1. The summed E-state index contributed by atoms with van der Waals surface area (Å²) in [4.78, 5) is 4.38. The number of hydrogen-bond acceptors (Lipinski definition) is 3. The Balaban J connectivity index is 2.67. The predicted molar refractivity (Wildman–Crippen MR) is 73.7 cm³/mol. The Morgan fingerprint density at radius 2 is 1.76 bits per heavy atom. The van der Waals surface area contributed by atoms with Crippen LogP contribution in [-0.4, -0.2) is 14.6 Å². The Labute approximate surface area is 108 Å². The maximum absolute atomic E-state index is 4.65. The average Bonchev–Trinajstić information content (AvgIpc) is 2.57. The van der Waals surface area contributed by atoms with Crippen molar-refractivity contribution in [3.05, 3.63) is 29.7 Å². The van der Waals surface area contributed by atoms with Crippen molar-refractivity contribution in [2.45, 2.75) is 44.8 Å². The topological polar surface area (TPSA) is 30.2 Å². The Hall–Kier alpha value is -1.03. The molecule has 0 fully saturated rings. The fraction of sp³-hybridized carbons (Fsp3) is 0.538. The molecule has 92 valence electrons. The molecule has 2 heterocycles. The van der Waals surface area contributed by atoms with Gasteiger partial charge >= 0.3 is 0 Å². The third-order valence-electron chi connectivity index (χ3n) is 2.76. The third-order valence-corrected chi connectivity index (χ3v) is 2.99. The zero-order valence-electron chi connectivity index (χ0n) is 11.0. The standard InChI is InChI=1S/C13H19N3S/c1-12(2,3)10-8-14-11-7-6-9(13(4,5)17)15-16(10)11/h6-8,17H,1-5H3. The lowest BCUT2D eigenvalue weighted by Crippen LogP contribution is -2.18. The second kappa shape index (κ2) is 3.73. The van der Waals surface area contributed by atoms with E-state index in [9.17, 15) is 0 Å². The van der Waals surface area contributed by atoms with Crippen LogP contribution in [0.1, 0.15) is 46.0 Å². The third kappa shape index (κ3) is 2.32. The number of hydrogen-bond donors (Lipinski definition) is 1. The summed E-state index contributed by atoms with van der Waals surface area (Å²) in [5.41, 5.74) is 2.99. The first-order valence-corrected chi connectivity index (χ1v) is 6.22. The van der Waals surface area contributed by atoms with Gasteiger partial charge in [0.1, 0.15) is 0 Å². The molecule has 3 nitrogen and oxygen atoms in total. The van der Waals surface area contributed by atoms with E-state index in [-0.39, 0.29) is 10.2 Å². The van der Waals surface area contributed by atoms with Gasteiger partial charge in [-0.3, -0.25) is 0 Å². The monoisotopic (exact) mass is 249 g/mol. The van der Waals surface area contributed by atoms with E-state index in [0.717, 1.165) is 17.0 Å². The second-order valence-corrected chi connectivity index (χ2v) is 7.06. The van der Waals surface area contributed by atoms with Crippen LogP contribution in [0.25, 0.3) is 5.65 Å². The quantitative estimate of drug-likeness (QED) is 0.787. The molecule has 17 heavy (non-hydrogen) atoms. The minimum absolute atomic E-state index is 0.0335. The van der Waals surface area contributed by atoms with E-state index in [0.29, 0.717) is 0 Å². The molecule has 2 aromatic rings. The summed E-state index contributed by atoms with van der Waals surface area (Å²) in [6, 6.07) is 3.98. The first kappa shape index (κ1) is 12.4. The lowest BCUT2D eigenvalue weighted by Gasteiger charge is -2.20. The molecule has 0 aliphatic rings. The maximum atomic E-state index is 4.65. The Kier molecular flexibility index (Phi) is 2.73.